The van der Waals surface area contributed by atoms with Gasteiger partial charge in [-0.05, 0) is 13.8 Å². The van der Waals surface area contributed by atoms with Crippen molar-refractivity contribution >= 4 is 6.29 Å². The summed E-state index contributed by atoms with van der Waals surface area (Å²) in [5.74, 6) is 0. The maximum absolute atomic E-state index is 10.4. The van der Waals surface area contributed by atoms with Gasteiger partial charge in [0.1, 0.15) is 6.29 Å². The SMILES string of the molecule is C\C=C/C(C=O)=C\C=C\[C@H](O)[C@@H](C)O. The lowest BCUT2D eigenvalue weighted by molar-refractivity contribution is -0.104. The van der Waals surface area contributed by atoms with Gasteiger partial charge in [-0.1, -0.05) is 30.4 Å². The molecular formula is C11H16O3. The van der Waals surface area contributed by atoms with E-state index >= 15 is 0 Å². The molecule has 0 spiro atoms. The second kappa shape index (κ2) is 7.24. The second-order valence-electron chi connectivity index (χ2n) is 2.90. The van der Waals surface area contributed by atoms with Crippen LogP contribution in [-0.2, 0) is 4.79 Å². The molecule has 0 aliphatic carbocycles. The summed E-state index contributed by atoms with van der Waals surface area (Å²) in [5.41, 5.74) is 0.515. The summed E-state index contributed by atoms with van der Waals surface area (Å²) in [5, 5.41) is 18.1. The lowest BCUT2D eigenvalue weighted by Crippen LogP contribution is -2.19. The molecule has 14 heavy (non-hydrogen) atoms. The van der Waals surface area contributed by atoms with Gasteiger partial charge in [-0.25, -0.2) is 0 Å². The first-order chi connectivity index (χ1) is 6.61. The van der Waals surface area contributed by atoms with Crippen LogP contribution in [0.2, 0.25) is 0 Å². The number of hydrogen-bond donors (Lipinski definition) is 2. The third-order valence-electron chi connectivity index (χ3n) is 1.59. The number of carbonyl (C=O) groups is 1. The molecule has 0 aliphatic rings. The maximum atomic E-state index is 10.4. The van der Waals surface area contributed by atoms with Crippen LogP contribution in [0.25, 0.3) is 0 Å². The van der Waals surface area contributed by atoms with Crippen LogP contribution in [0.1, 0.15) is 13.8 Å². The zero-order chi connectivity index (χ0) is 11.0. The number of rotatable bonds is 5. The molecule has 0 heterocycles. The molecule has 0 unspecified atom stereocenters. The fourth-order valence-electron chi connectivity index (χ4n) is 0.768. The molecule has 0 aromatic carbocycles. The molecule has 78 valence electrons. The van der Waals surface area contributed by atoms with Crippen molar-refractivity contribution in [1.29, 1.82) is 0 Å². The molecule has 0 aromatic heterocycles. The van der Waals surface area contributed by atoms with Crippen molar-refractivity contribution < 1.29 is 15.0 Å². The van der Waals surface area contributed by atoms with Crippen molar-refractivity contribution in [1.82, 2.24) is 0 Å². The van der Waals surface area contributed by atoms with Crippen LogP contribution in [0.3, 0.4) is 0 Å². The van der Waals surface area contributed by atoms with Crippen molar-refractivity contribution in [2.24, 2.45) is 0 Å². The first kappa shape index (κ1) is 12.8. The van der Waals surface area contributed by atoms with E-state index in [0.717, 1.165) is 6.29 Å². The van der Waals surface area contributed by atoms with Gasteiger partial charge in [0.15, 0.2) is 0 Å². The summed E-state index contributed by atoms with van der Waals surface area (Å²) in [6, 6.07) is 0. The Hall–Kier alpha value is -1.19. The van der Waals surface area contributed by atoms with Crippen LogP contribution in [0.4, 0.5) is 0 Å². The topological polar surface area (TPSA) is 57.5 Å². The Morgan fingerprint density at radius 3 is 2.43 bits per heavy atom. The molecule has 0 amide bonds. The highest BCUT2D eigenvalue weighted by Gasteiger charge is 2.04. The zero-order valence-corrected chi connectivity index (χ0v) is 8.42. The normalized spacial score (nSPS) is 17.6. The van der Waals surface area contributed by atoms with Crippen molar-refractivity contribution in [3.05, 3.63) is 36.0 Å². The van der Waals surface area contributed by atoms with Crippen LogP contribution < -0.4 is 0 Å². The minimum absolute atomic E-state index is 0.515. The van der Waals surface area contributed by atoms with Crippen LogP contribution >= 0.6 is 0 Å². The number of aldehydes is 1. The van der Waals surface area contributed by atoms with E-state index < -0.39 is 12.2 Å². The Bertz CT molecular complexity index is 249. The summed E-state index contributed by atoms with van der Waals surface area (Å²) in [6.07, 6.45) is 6.97. The summed E-state index contributed by atoms with van der Waals surface area (Å²) in [7, 11) is 0. The van der Waals surface area contributed by atoms with E-state index in [2.05, 4.69) is 0 Å². The van der Waals surface area contributed by atoms with E-state index in [-0.39, 0.29) is 0 Å². The second-order valence-corrected chi connectivity index (χ2v) is 2.90. The molecule has 0 saturated heterocycles. The summed E-state index contributed by atoms with van der Waals surface area (Å²) < 4.78 is 0. The Labute approximate surface area is 84.1 Å². The van der Waals surface area contributed by atoms with Crippen molar-refractivity contribution in [2.45, 2.75) is 26.1 Å². The van der Waals surface area contributed by atoms with Crippen LogP contribution in [-0.4, -0.2) is 28.7 Å². The number of allylic oxidation sites excluding steroid dienone is 5. The van der Waals surface area contributed by atoms with E-state index in [9.17, 15) is 4.79 Å². The number of carbonyl (C=O) groups excluding carboxylic acids is 1. The lowest BCUT2D eigenvalue weighted by atomic mass is 10.2. The molecule has 2 N–H and O–H groups in total. The molecule has 0 rings (SSSR count). The van der Waals surface area contributed by atoms with Gasteiger partial charge in [-0.15, -0.1) is 0 Å². The highest BCUT2D eigenvalue weighted by molar-refractivity contribution is 5.77. The summed E-state index contributed by atoms with van der Waals surface area (Å²) in [4.78, 5) is 10.4. The third kappa shape index (κ3) is 5.45. The van der Waals surface area contributed by atoms with E-state index in [4.69, 9.17) is 10.2 Å². The Kier molecular flexibility index (Phi) is 6.62. The molecule has 2 atom stereocenters. The smallest absolute Gasteiger partial charge is 0.150 e. The van der Waals surface area contributed by atoms with Crippen molar-refractivity contribution in [2.75, 3.05) is 0 Å². The quantitative estimate of drug-likeness (QED) is 0.391. The first-order valence-electron chi connectivity index (χ1n) is 4.44. The molecule has 0 aliphatic heterocycles. The van der Waals surface area contributed by atoms with E-state index in [0.29, 0.717) is 5.57 Å². The fraction of sp³-hybridized carbons (Fsp3) is 0.364. The lowest BCUT2D eigenvalue weighted by Gasteiger charge is -2.06. The van der Waals surface area contributed by atoms with E-state index in [1.165, 1.54) is 13.0 Å². The number of aliphatic hydroxyl groups excluding tert-OH is 2. The van der Waals surface area contributed by atoms with Gasteiger partial charge in [0.2, 0.25) is 0 Å². The molecular weight excluding hydrogens is 180 g/mol. The molecule has 3 heteroatoms. The average Bonchev–Trinajstić information content (AvgIpc) is 2.16. The van der Waals surface area contributed by atoms with Gasteiger partial charge in [0, 0.05) is 5.57 Å². The maximum Gasteiger partial charge on any atom is 0.150 e. The molecule has 0 radical (unpaired) electrons. The monoisotopic (exact) mass is 196 g/mol. The Balaban J connectivity index is 4.30. The highest BCUT2D eigenvalue weighted by Crippen LogP contribution is 1.97. The summed E-state index contributed by atoms with van der Waals surface area (Å²) in [6.45, 7) is 3.30. The third-order valence-corrected chi connectivity index (χ3v) is 1.59. The summed E-state index contributed by atoms with van der Waals surface area (Å²) >= 11 is 0. The zero-order valence-electron chi connectivity index (χ0n) is 8.42. The molecule has 0 bridgehead atoms. The minimum atomic E-state index is -0.898. The van der Waals surface area contributed by atoms with Gasteiger partial charge >= 0.3 is 0 Å². The highest BCUT2D eigenvalue weighted by atomic mass is 16.3. The Morgan fingerprint density at radius 2 is 2.00 bits per heavy atom. The van der Waals surface area contributed by atoms with E-state index in [1.54, 1.807) is 24.3 Å². The van der Waals surface area contributed by atoms with Crippen LogP contribution in [0.15, 0.2) is 36.0 Å². The average molecular weight is 196 g/mol. The molecule has 3 nitrogen and oxygen atoms in total. The predicted molar refractivity (Wildman–Crippen MR) is 55.8 cm³/mol. The Morgan fingerprint density at radius 1 is 1.36 bits per heavy atom. The number of aliphatic hydroxyl groups is 2. The van der Waals surface area contributed by atoms with Crippen LogP contribution in [0, 0.1) is 0 Å². The van der Waals surface area contributed by atoms with E-state index in [1.807, 2.05) is 6.92 Å². The fourth-order valence-corrected chi connectivity index (χ4v) is 0.768. The van der Waals surface area contributed by atoms with Gasteiger partial charge in [-0.2, -0.15) is 0 Å². The minimum Gasteiger partial charge on any atom is -0.390 e. The van der Waals surface area contributed by atoms with Crippen LogP contribution in [0.5, 0.6) is 0 Å². The van der Waals surface area contributed by atoms with Gasteiger partial charge < -0.3 is 10.2 Å². The van der Waals surface area contributed by atoms with Gasteiger partial charge in [0.25, 0.3) is 0 Å². The number of hydrogen-bond acceptors (Lipinski definition) is 3. The predicted octanol–water partition coefficient (Wildman–Crippen LogP) is 0.986. The van der Waals surface area contributed by atoms with Gasteiger partial charge in [-0.3, -0.25) is 4.79 Å². The molecule has 0 saturated carbocycles. The van der Waals surface area contributed by atoms with Crippen molar-refractivity contribution in [3.8, 4) is 0 Å². The first-order valence-corrected chi connectivity index (χ1v) is 4.44. The molecule has 0 aromatic rings. The van der Waals surface area contributed by atoms with Gasteiger partial charge in [0.05, 0.1) is 12.2 Å². The van der Waals surface area contributed by atoms with Crippen molar-refractivity contribution in [3.63, 3.8) is 0 Å². The standard InChI is InChI=1S/C11H16O3/c1-3-5-10(8-12)6-4-7-11(14)9(2)13/h3-9,11,13-14H,1-2H3/b5-3-,7-4+,10-6+/t9-,11+/m1/s1. The molecule has 0 fully saturated rings. The largest absolute Gasteiger partial charge is 0.390 e.